The van der Waals surface area contributed by atoms with Crippen molar-refractivity contribution in [3.05, 3.63) is 181 Å². The molecule has 2 N–H and O–H groups in total. The van der Waals surface area contributed by atoms with E-state index < -0.39 is 15.8 Å². The fraction of sp³-hybridized carbons (Fsp3) is 0.130. The summed E-state index contributed by atoms with van der Waals surface area (Å²) in [5, 5.41) is 15.2. The number of aryl methyl sites for hydroxylation is 2. The van der Waals surface area contributed by atoms with Crippen LogP contribution in [0.5, 0.6) is 0 Å². The van der Waals surface area contributed by atoms with Crippen LogP contribution < -0.4 is 56.7 Å². The number of hydrogen-bond acceptors (Lipinski definition) is 6. The zero-order chi connectivity index (χ0) is 41.0. The van der Waals surface area contributed by atoms with E-state index in [-0.39, 0.29) is 56.6 Å². The average molecular weight is 1150 g/mol. The number of pyridine rings is 4. The van der Waals surface area contributed by atoms with Gasteiger partial charge in [0.2, 0.25) is 0 Å². The van der Waals surface area contributed by atoms with Crippen molar-refractivity contribution in [2.24, 2.45) is 0 Å². The van der Waals surface area contributed by atoms with Crippen molar-refractivity contribution in [3.63, 3.8) is 0 Å². The summed E-state index contributed by atoms with van der Waals surface area (Å²) in [4.78, 5) is 18.5. The molecule has 61 heavy (non-hydrogen) atoms. The molecule has 6 nitrogen and oxygen atoms in total. The molecule has 0 aliphatic heterocycles. The number of hydrogen-bond donors (Lipinski definition) is 2. The van der Waals surface area contributed by atoms with Crippen molar-refractivity contribution in [1.82, 2.24) is 19.9 Å². The van der Waals surface area contributed by atoms with Crippen LogP contribution in [0.3, 0.4) is 0 Å². The number of nitrogens with zero attached hydrogens (tertiary/aromatic N) is 4. The van der Waals surface area contributed by atoms with Crippen LogP contribution in [0, 0.1) is 13.8 Å². The first-order valence-corrected chi connectivity index (χ1v) is 24.1. The normalized spacial score (nSPS) is 9.97. The molecule has 8 rings (SSSR count). The fourth-order valence-corrected chi connectivity index (χ4v) is 10.6. The van der Waals surface area contributed by atoms with E-state index in [1.54, 1.807) is 0 Å². The predicted octanol–water partition coefficient (Wildman–Crippen LogP) is 5.19. The number of aromatic nitrogens is 4. The second-order valence-electron chi connectivity index (χ2n) is 12.7. The second-order valence-corrected chi connectivity index (χ2v) is 19.3. The molecule has 0 fully saturated rings. The van der Waals surface area contributed by atoms with E-state index in [0.29, 0.717) is 0 Å². The Kier molecular flexibility index (Phi) is 26.6. The van der Waals surface area contributed by atoms with Gasteiger partial charge in [0.05, 0.1) is 47.7 Å². The van der Waals surface area contributed by atoms with Gasteiger partial charge in [-0.15, -0.1) is 46.4 Å². The third-order valence-corrected chi connectivity index (χ3v) is 13.9. The van der Waals surface area contributed by atoms with Gasteiger partial charge < -0.3 is 35.4 Å². The molecule has 8 aromatic rings. The largest absolute Gasteiger partial charge is 2.00 e. The minimum Gasteiger partial charge on any atom is -1.00 e. The minimum atomic E-state index is -0.930. The van der Waals surface area contributed by atoms with E-state index in [2.05, 4.69) is 176 Å². The maximum atomic E-state index is 4.76. The molecule has 0 radical (unpaired) electrons. The van der Waals surface area contributed by atoms with Crippen molar-refractivity contribution >= 4 is 117 Å². The number of benzene rings is 4. The first-order valence-electron chi connectivity index (χ1n) is 18.6. The average Bonchev–Trinajstić information content (AvgIpc) is 3.26. The van der Waals surface area contributed by atoms with E-state index in [4.69, 9.17) is 46.4 Å². The van der Waals surface area contributed by atoms with Gasteiger partial charge in [0.1, 0.15) is 24.2 Å². The number of anilines is 2. The van der Waals surface area contributed by atoms with Crippen molar-refractivity contribution < 1.29 is 45.9 Å². The summed E-state index contributed by atoms with van der Waals surface area (Å²) < 4.78 is 0. The Morgan fingerprint density at radius 2 is 0.656 bits per heavy atom. The molecular formula is C46H46Cl6N6P2Pt+2. The Hall–Kier alpha value is -3.11. The van der Waals surface area contributed by atoms with Crippen molar-refractivity contribution in [3.8, 4) is 0 Å². The molecule has 320 valence electrons. The monoisotopic (exact) mass is 1150 g/mol. The zero-order valence-corrected chi connectivity index (χ0v) is 42.2. The van der Waals surface area contributed by atoms with Gasteiger partial charge in [0, 0.05) is 22.2 Å². The molecule has 4 heterocycles. The SMILES string of the molecule is Cc1ccc2ccc(NC[PH+](c3ccccc3)c3ccccc3)nc2n1.Cc1ccc2ccc(NC[PH+](c3ccccc3)c3ccccc3)nc2n1.ClCCl.ClCCl.[Cl-].[Cl-].[Pt+2]. The fourth-order valence-electron chi connectivity index (χ4n) is 6.04. The number of nitrogens with one attached hydrogen (secondary N) is 2. The van der Waals surface area contributed by atoms with Crippen LogP contribution in [0.1, 0.15) is 11.4 Å². The third kappa shape index (κ3) is 17.5. The van der Waals surface area contributed by atoms with Crippen LogP contribution in [-0.4, -0.2) is 43.2 Å². The number of halogens is 6. The maximum Gasteiger partial charge on any atom is 2.00 e. The molecule has 0 atom stereocenters. The molecule has 4 aromatic heterocycles. The van der Waals surface area contributed by atoms with Crippen LogP contribution in [-0.2, 0) is 21.1 Å². The van der Waals surface area contributed by atoms with Crippen molar-refractivity contribution in [1.29, 1.82) is 0 Å². The quantitative estimate of drug-likeness (QED) is 0.145. The molecule has 0 aliphatic carbocycles. The van der Waals surface area contributed by atoms with Crippen LogP contribution in [0.25, 0.3) is 22.1 Å². The van der Waals surface area contributed by atoms with Gasteiger partial charge in [-0.1, -0.05) is 72.8 Å². The molecule has 0 bridgehead atoms. The Morgan fingerprint density at radius 1 is 0.393 bits per heavy atom. The smallest absolute Gasteiger partial charge is 1.00 e. The summed E-state index contributed by atoms with van der Waals surface area (Å²) in [7, 11) is -1.86. The maximum absolute atomic E-state index is 4.76. The summed E-state index contributed by atoms with van der Waals surface area (Å²) in [6.45, 7) is 3.99. The molecule has 0 unspecified atom stereocenters. The number of fused-ring (bicyclic) bond motifs is 2. The van der Waals surface area contributed by atoms with Crippen LogP contribution in [0.15, 0.2) is 170 Å². The third-order valence-electron chi connectivity index (χ3n) is 8.76. The Balaban J connectivity index is 0.000000357. The Bertz CT molecular complexity index is 2170. The molecule has 0 saturated carbocycles. The summed E-state index contributed by atoms with van der Waals surface area (Å²) in [5.41, 5.74) is 3.56. The van der Waals surface area contributed by atoms with E-state index in [1.807, 2.05) is 38.1 Å². The summed E-state index contributed by atoms with van der Waals surface area (Å²) in [5.74, 6) is 1.76. The van der Waals surface area contributed by atoms with E-state index >= 15 is 0 Å². The van der Waals surface area contributed by atoms with Crippen LogP contribution in [0.2, 0.25) is 0 Å². The predicted molar refractivity (Wildman–Crippen MR) is 260 cm³/mol. The van der Waals surface area contributed by atoms with Crippen LogP contribution >= 0.6 is 62.2 Å². The van der Waals surface area contributed by atoms with Gasteiger partial charge in [-0.05, 0) is 111 Å². The first-order chi connectivity index (χ1) is 28.4. The number of rotatable bonds is 10. The van der Waals surface area contributed by atoms with Gasteiger partial charge >= 0.3 is 21.1 Å². The van der Waals surface area contributed by atoms with Gasteiger partial charge in [-0.3, -0.25) is 0 Å². The topological polar surface area (TPSA) is 75.6 Å². The zero-order valence-electron chi connectivity index (χ0n) is 33.4. The minimum absolute atomic E-state index is 0. The molecule has 4 aromatic carbocycles. The first kappa shape index (κ1) is 54.0. The van der Waals surface area contributed by atoms with E-state index in [0.717, 1.165) is 57.7 Å². The summed E-state index contributed by atoms with van der Waals surface area (Å²) in [6, 6.07) is 59.4. The second kappa shape index (κ2) is 30.1. The van der Waals surface area contributed by atoms with Gasteiger partial charge in [-0.2, -0.15) is 0 Å². The molecule has 0 amide bonds. The summed E-state index contributed by atoms with van der Waals surface area (Å²) >= 11 is 19.1. The van der Waals surface area contributed by atoms with Crippen molar-refractivity contribution in [2.75, 3.05) is 33.9 Å². The van der Waals surface area contributed by atoms with Crippen molar-refractivity contribution in [2.45, 2.75) is 13.8 Å². The standard InChI is InChI=1S/2C22H20N3P.2CH2Cl2.2ClH.Pt/c2*1-17-12-13-18-14-15-21(25-22(18)24-17)23-16-26(19-8-4-2-5-9-19)20-10-6-3-7-11-20;2*2-1-3;;;/h2*2-15H,16H2,1H3,(H,23,24,25);2*1H2;2*1H;/q;;;;;;+2. The van der Waals surface area contributed by atoms with Gasteiger partial charge in [-0.25, -0.2) is 19.9 Å². The molecule has 15 heteroatoms. The molecule has 0 aliphatic rings. The van der Waals surface area contributed by atoms with Gasteiger partial charge in [0.15, 0.2) is 11.3 Å². The Morgan fingerprint density at radius 3 is 0.934 bits per heavy atom. The number of alkyl halides is 4. The van der Waals surface area contributed by atoms with E-state index in [9.17, 15) is 0 Å². The Labute approximate surface area is 408 Å². The molecule has 0 spiro atoms. The summed E-state index contributed by atoms with van der Waals surface area (Å²) in [6.07, 6.45) is 1.76. The van der Waals surface area contributed by atoms with Gasteiger partial charge in [0.25, 0.3) is 0 Å². The molecular weight excluding hydrogens is 1110 g/mol. The molecule has 0 saturated heterocycles. The van der Waals surface area contributed by atoms with E-state index in [1.165, 1.54) is 21.2 Å². The van der Waals surface area contributed by atoms with Crippen LogP contribution in [0.4, 0.5) is 11.6 Å².